The number of nitrogens with zero attached hydrogens (tertiary/aromatic N) is 2. The summed E-state index contributed by atoms with van der Waals surface area (Å²) < 4.78 is 10.4. The number of halogens is 1. The summed E-state index contributed by atoms with van der Waals surface area (Å²) in [5, 5.41) is 6.59. The van der Waals surface area contributed by atoms with Gasteiger partial charge in [-0.25, -0.2) is 0 Å². The number of guanidine groups is 1. The van der Waals surface area contributed by atoms with Gasteiger partial charge in [0.2, 0.25) is 5.91 Å². The first-order valence-electron chi connectivity index (χ1n) is 9.09. The standard InChI is InChI=1S/C18H28N4O3.HI/c1-24-10-8-20-18(19-7-6-16-3-2-9-25-16)21-12-14-11-17(23)22(13-14)15-4-5-15;/h2-3,9,14-15H,4-8,10-13H2,1H3,(H2,19,20,21);1H. The number of carbonyl (C=O) groups is 1. The number of rotatable bonds is 9. The van der Waals surface area contributed by atoms with Crippen molar-refractivity contribution in [1.82, 2.24) is 15.5 Å². The zero-order valence-electron chi connectivity index (χ0n) is 15.3. The maximum atomic E-state index is 12.0. The van der Waals surface area contributed by atoms with Crippen LogP contribution >= 0.6 is 24.0 Å². The van der Waals surface area contributed by atoms with E-state index in [1.165, 1.54) is 12.8 Å². The zero-order chi connectivity index (χ0) is 17.5. The van der Waals surface area contributed by atoms with E-state index < -0.39 is 0 Å². The summed E-state index contributed by atoms with van der Waals surface area (Å²) >= 11 is 0. The lowest BCUT2D eigenvalue weighted by Gasteiger charge is -2.15. The Hall–Kier alpha value is -1.29. The molecule has 1 aromatic rings. The molecule has 1 amide bonds. The van der Waals surface area contributed by atoms with Crippen LogP contribution in [0.4, 0.5) is 0 Å². The van der Waals surface area contributed by atoms with E-state index in [1.807, 2.05) is 17.0 Å². The highest BCUT2D eigenvalue weighted by Crippen LogP contribution is 2.32. The smallest absolute Gasteiger partial charge is 0.223 e. The third-order valence-corrected chi connectivity index (χ3v) is 4.58. The number of hydrogen-bond donors (Lipinski definition) is 2. The Morgan fingerprint density at radius 1 is 1.38 bits per heavy atom. The molecule has 1 unspecified atom stereocenters. The summed E-state index contributed by atoms with van der Waals surface area (Å²) in [6.07, 6.45) is 5.44. The molecule has 2 heterocycles. The first-order valence-corrected chi connectivity index (χ1v) is 9.09. The van der Waals surface area contributed by atoms with Gasteiger partial charge in [-0.15, -0.1) is 24.0 Å². The highest BCUT2D eigenvalue weighted by atomic mass is 127. The van der Waals surface area contributed by atoms with Crippen LogP contribution < -0.4 is 10.6 Å². The molecule has 0 radical (unpaired) electrons. The third-order valence-electron chi connectivity index (χ3n) is 4.58. The summed E-state index contributed by atoms with van der Waals surface area (Å²) in [6.45, 7) is 3.57. The first-order chi connectivity index (χ1) is 12.3. The average Bonchev–Trinajstić information content (AvgIpc) is 3.18. The molecular formula is C18H29IN4O3. The third kappa shape index (κ3) is 6.46. The number of furan rings is 1. The fourth-order valence-corrected chi connectivity index (χ4v) is 3.10. The second-order valence-corrected chi connectivity index (χ2v) is 6.71. The number of methoxy groups -OCH3 is 1. The van der Waals surface area contributed by atoms with Gasteiger partial charge in [0.25, 0.3) is 0 Å². The molecule has 1 aliphatic heterocycles. The lowest BCUT2D eigenvalue weighted by atomic mass is 10.1. The van der Waals surface area contributed by atoms with Crippen molar-refractivity contribution < 1.29 is 13.9 Å². The number of hydrogen-bond acceptors (Lipinski definition) is 4. The minimum atomic E-state index is 0. The highest BCUT2D eigenvalue weighted by Gasteiger charge is 2.39. The molecule has 3 rings (SSSR count). The minimum absolute atomic E-state index is 0. The van der Waals surface area contributed by atoms with E-state index in [2.05, 4.69) is 15.6 Å². The Morgan fingerprint density at radius 3 is 2.88 bits per heavy atom. The molecule has 0 bridgehead atoms. The monoisotopic (exact) mass is 476 g/mol. The number of carbonyl (C=O) groups excluding carboxylic acids is 1. The van der Waals surface area contributed by atoms with Gasteiger partial charge in [0.15, 0.2) is 5.96 Å². The Bertz CT molecular complexity index is 575. The number of likely N-dealkylation sites (tertiary alicyclic amines) is 1. The molecule has 8 heteroatoms. The maximum absolute atomic E-state index is 12.0. The van der Waals surface area contributed by atoms with Crippen LogP contribution in [-0.2, 0) is 16.0 Å². The van der Waals surface area contributed by atoms with Gasteiger partial charge in [0.05, 0.1) is 12.9 Å². The molecule has 146 valence electrons. The molecule has 0 aromatic carbocycles. The summed E-state index contributed by atoms with van der Waals surface area (Å²) in [5.41, 5.74) is 0. The van der Waals surface area contributed by atoms with Gasteiger partial charge in [0.1, 0.15) is 5.76 Å². The van der Waals surface area contributed by atoms with Gasteiger partial charge in [-0.1, -0.05) is 0 Å². The van der Waals surface area contributed by atoms with Crippen molar-refractivity contribution in [3.8, 4) is 0 Å². The SMILES string of the molecule is COCCNC(=NCC1CC(=O)N(C2CC2)C1)NCCc1ccco1.I. The van der Waals surface area contributed by atoms with Crippen molar-refractivity contribution in [3.05, 3.63) is 24.2 Å². The highest BCUT2D eigenvalue weighted by molar-refractivity contribution is 14.0. The first kappa shape index (κ1) is 21.0. The molecule has 26 heavy (non-hydrogen) atoms. The average molecular weight is 476 g/mol. The molecule has 1 saturated heterocycles. The van der Waals surface area contributed by atoms with Crippen molar-refractivity contribution in [3.63, 3.8) is 0 Å². The van der Waals surface area contributed by atoms with E-state index in [0.29, 0.717) is 44.0 Å². The van der Waals surface area contributed by atoms with E-state index in [9.17, 15) is 4.79 Å². The molecule has 1 aromatic heterocycles. The molecule has 2 aliphatic rings. The number of amides is 1. The molecule has 2 N–H and O–H groups in total. The zero-order valence-corrected chi connectivity index (χ0v) is 17.6. The summed E-state index contributed by atoms with van der Waals surface area (Å²) in [7, 11) is 1.68. The Kier molecular flexibility index (Phi) is 8.70. The van der Waals surface area contributed by atoms with Crippen LogP contribution in [0.5, 0.6) is 0 Å². The van der Waals surface area contributed by atoms with Crippen LogP contribution in [0.15, 0.2) is 27.8 Å². The topological polar surface area (TPSA) is 79.1 Å². The molecule has 2 fully saturated rings. The quantitative estimate of drug-likeness (QED) is 0.245. The predicted molar refractivity (Wildman–Crippen MR) is 111 cm³/mol. The normalized spacial score (nSPS) is 20.2. The predicted octanol–water partition coefficient (Wildman–Crippen LogP) is 1.63. The lowest BCUT2D eigenvalue weighted by molar-refractivity contribution is -0.128. The van der Waals surface area contributed by atoms with Crippen molar-refractivity contribution in [1.29, 1.82) is 0 Å². The summed E-state index contributed by atoms with van der Waals surface area (Å²) in [5.74, 6) is 2.33. The van der Waals surface area contributed by atoms with Crippen LogP contribution in [-0.4, -0.2) is 62.7 Å². The Labute approximate surface area is 171 Å². The lowest BCUT2D eigenvalue weighted by Crippen LogP contribution is -2.40. The molecule has 0 spiro atoms. The molecule has 1 aliphatic carbocycles. The van der Waals surface area contributed by atoms with Gasteiger partial charge >= 0.3 is 0 Å². The molecule has 1 atom stereocenters. The number of aliphatic imine (C=N–C) groups is 1. The van der Waals surface area contributed by atoms with Crippen molar-refractivity contribution >= 4 is 35.8 Å². The fraction of sp³-hybridized carbons (Fsp3) is 0.667. The minimum Gasteiger partial charge on any atom is -0.469 e. The largest absolute Gasteiger partial charge is 0.469 e. The Balaban J connectivity index is 0.00000243. The van der Waals surface area contributed by atoms with E-state index in [0.717, 1.165) is 31.2 Å². The summed E-state index contributed by atoms with van der Waals surface area (Å²) in [4.78, 5) is 18.8. The van der Waals surface area contributed by atoms with Crippen LogP contribution in [0.3, 0.4) is 0 Å². The van der Waals surface area contributed by atoms with E-state index >= 15 is 0 Å². The second-order valence-electron chi connectivity index (χ2n) is 6.71. The van der Waals surface area contributed by atoms with Gasteiger partial charge in [-0.2, -0.15) is 0 Å². The Morgan fingerprint density at radius 2 is 2.19 bits per heavy atom. The van der Waals surface area contributed by atoms with Crippen LogP contribution in [0, 0.1) is 5.92 Å². The maximum Gasteiger partial charge on any atom is 0.223 e. The fourth-order valence-electron chi connectivity index (χ4n) is 3.10. The van der Waals surface area contributed by atoms with Gasteiger partial charge < -0.3 is 24.7 Å². The van der Waals surface area contributed by atoms with E-state index in [-0.39, 0.29) is 24.0 Å². The van der Waals surface area contributed by atoms with E-state index in [4.69, 9.17) is 9.15 Å². The van der Waals surface area contributed by atoms with Crippen molar-refractivity contribution in [2.24, 2.45) is 10.9 Å². The summed E-state index contributed by atoms with van der Waals surface area (Å²) in [6, 6.07) is 4.37. The van der Waals surface area contributed by atoms with Crippen molar-refractivity contribution in [2.75, 3.05) is 39.9 Å². The van der Waals surface area contributed by atoms with E-state index in [1.54, 1.807) is 13.4 Å². The van der Waals surface area contributed by atoms with Gasteiger partial charge in [0, 0.05) is 58.1 Å². The number of nitrogens with one attached hydrogen (secondary N) is 2. The van der Waals surface area contributed by atoms with Crippen molar-refractivity contribution in [2.45, 2.75) is 31.7 Å². The molecule has 7 nitrogen and oxygen atoms in total. The van der Waals surface area contributed by atoms with Crippen LogP contribution in [0.1, 0.15) is 25.0 Å². The number of ether oxygens (including phenoxy) is 1. The second kappa shape index (κ2) is 10.8. The van der Waals surface area contributed by atoms with Gasteiger partial charge in [-0.3, -0.25) is 9.79 Å². The van der Waals surface area contributed by atoms with Gasteiger partial charge in [-0.05, 0) is 25.0 Å². The molecular weight excluding hydrogens is 447 g/mol. The van der Waals surface area contributed by atoms with Crippen LogP contribution in [0.25, 0.3) is 0 Å². The van der Waals surface area contributed by atoms with Crippen LogP contribution in [0.2, 0.25) is 0 Å². The molecule has 1 saturated carbocycles.